The summed E-state index contributed by atoms with van der Waals surface area (Å²) >= 11 is 0. The van der Waals surface area contributed by atoms with Crippen molar-refractivity contribution in [3.8, 4) is 0 Å². The van der Waals surface area contributed by atoms with E-state index in [4.69, 9.17) is 24.1 Å². The van der Waals surface area contributed by atoms with Crippen LogP contribution >= 0.6 is 0 Å². The molecule has 0 aliphatic carbocycles. The second-order valence-corrected chi connectivity index (χ2v) is 5.33. The first-order valence-electron chi connectivity index (χ1n) is 6.13. The predicted molar refractivity (Wildman–Crippen MR) is 63.7 cm³/mol. The predicted octanol–water partition coefficient (Wildman–Crippen LogP) is 0.606. The van der Waals surface area contributed by atoms with Gasteiger partial charge in [0.05, 0.1) is 19.3 Å². The molecule has 0 aromatic carbocycles. The summed E-state index contributed by atoms with van der Waals surface area (Å²) in [5, 5.41) is 18.4. The van der Waals surface area contributed by atoms with E-state index in [1.165, 1.54) is 0 Å². The Morgan fingerprint density at radius 3 is 2.44 bits per heavy atom. The van der Waals surface area contributed by atoms with Crippen LogP contribution < -0.4 is 0 Å². The maximum Gasteiger partial charge on any atom is 0.189 e. The number of rotatable bonds is 6. The molecule has 2 unspecified atom stereocenters. The lowest BCUT2D eigenvalue weighted by atomic mass is 10.2. The second-order valence-electron chi connectivity index (χ2n) is 5.33. The van der Waals surface area contributed by atoms with Gasteiger partial charge in [0.25, 0.3) is 0 Å². The zero-order valence-electron chi connectivity index (χ0n) is 11.7. The zero-order valence-corrected chi connectivity index (χ0v) is 11.7. The normalized spacial score (nSPS) is 29.5. The Hall–Kier alpha value is -0.240. The quantitative estimate of drug-likeness (QED) is 0.684. The molecular weight excluding hydrogens is 240 g/mol. The first kappa shape index (κ1) is 15.8. The fourth-order valence-corrected chi connectivity index (χ4v) is 1.89. The van der Waals surface area contributed by atoms with E-state index in [-0.39, 0.29) is 13.2 Å². The highest BCUT2D eigenvalue weighted by atomic mass is 16.8. The molecule has 0 amide bonds. The molecular formula is C12H24O6. The van der Waals surface area contributed by atoms with E-state index >= 15 is 0 Å². The largest absolute Gasteiger partial charge is 0.394 e. The van der Waals surface area contributed by atoms with Crippen molar-refractivity contribution in [2.24, 2.45) is 0 Å². The van der Waals surface area contributed by atoms with Gasteiger partial charge in [0.15, 0.2) is 17.9 Å². The maximum atomic E-state index is 9.64. The summed E-state index contributed by atoms with van der Waals surface area (Å²) < 4.78 is 22.1. The standard InChI is InChI=1S/C12H24O6/c1-8(16-11(2,3)14)9-10(15-7-6-13)18-12(4,5)17-9/h8-10,13-14H,6-7H2,1-5H3/t8-,9?,10?/m1/s1. The fourth-order valence-electron chi connectivity index (χ4n) is 1.89. The van der Waals surface area contributed by atoms with Gasteiger partial charge in [0, 0.05) is 0 Å². The molecule has 0 radical (unpaired) electrons. The minimum absolute atomic E-state index is 0.0895. The Labute approximate surface area is 108 Å². The molecule has 0 bridgehead atoms. The van der Waals surface area contributed by atoms with Crippen molar-refractivity contribution in [2.45, 2.75) is 64.7 Å². The van der Waals surface area contributed by atoms with E-state index < -0.39 is 30.1 Å². The van der Waals surface area contributed by atoms with Crippen molar-refractivity contribution in [1.29, 1.82) is 0 Å². The number of hydrogen-bond acceptors (Lipinski definition) is 6. The van der Waals surface area contributed by atoms with Gasteiger partial charge in [-0.25, -0.2) is 0 Å². The second kappa shape index (κ2) is 5.81. The smallest absolute Gasteiger partial charge is 0.189 e. The number of aliphatic hydroxyl groups excluding tert-OH is 1. The third-order valence-corrected chi connectivity index (χ3v) is 2.40. The first-order valence-corrected chi connectivity index (χ1v) is 6.13. The molecule has 0 aromatic heterocycles. The lowest BCUT2D eigenvalue weighted by molar-refractivity contribution is -0.235. The maximum absolute atomic E-state index is 9.64. The van der Waals surface area contributed by atoms with E-state index in [9.17, 15) is 5.11 Å². The van der Waals surface area contributed by atoms with Gasteiger partial charge < -0.3 is 29.2 Å². The van der Waals surface area contributed by atoms with Crippen LogP contribution in [0.1, 0.15) is 34.6 Å². The van der Waals surface area contributed by atoms with Crippen LogP contribution in [0.5, 0.6) is 0 Å². The van der Waals surface area contributed by atoms with Gasteiger partial charge in [0.2, 0.25) is 0 Å². The van der Waals surface area contributed by atoms with Crippen molar-refractivity contribution in [3.05, 3.63) is 0 Å². The van der Waals surface area contributed by atoms with Gasteiger partial charge in [-0.05, 0) is 34.6 Å². The van der Waals surface area contributed by atoms with Crippen molar-refractivity contribution < 1.29 is 29.2 Å². The fraction of sp³-hybridized carbons (Fsp3) is 1.00. The summed E-state index contributed by atoms with van der Waals surface area (Å²) in [6, 6.07) is 0. The molecule has 108 valence electrons. The highest BCUT2D eigenvalue weighted by molar-refractivity contribution is 4.81. The molecule has 1 rings (SSSR count). The molecule has 6 nitrogen and oxygen atoms in total. The summed E-state index contributed by atoms with van der Waals surface area (Å²) in [6.07, 6.45) is -1.49. The third-order valence-electron chi connectivity index (χ3n) is 2.40. The van der Waals surface area contributed by atoms with Crippen molar-refractivity contribution in [3.63, 3.8) is 0 Å². The SMILES string of the molecule is C[C@@H](OC(C)(C)O)C1OC(C)(C)OC1OCCO. The summed E-state index contributed by atoms with van der Waals surface area (Å²) in [4.78, 5) is 0. The van der Waals surface area contributed by atoms with Gasteiger partial charge in [0.1, 0.15) is 6.10 Å². The van der Waals surface area contributed by atoms with Crippen LogP contribution in [0.3, 0.4) is 0 Å². The summed E-state index contributed by atoms with van der Waals surface area (Å²) in [6.45, 7) is 8.51. The molecule has 1 aliphatic rings. The van der Waals surface area contributed by atoms with Gasteiger partial charge >= 0.3 is 0 Å². The van der Waals surface area contributed by atoms with E-state index in [1.807, 2.05) is 0 Å². The number of hydrogen-bond donors (Lipinski definition) is 2. The monoisotopic (exact) mass is 264 g/mol. The molecule has 18 heavy (non-hydrogen) atoms. The Kier molecular flexibility index (Phi) is 5.11. The molecule has 1 saturated heterocycles. The first-order chi connectivity index (χ1) is 8.14. The van der Waals surface area contributed by atoms with Crippen LogP contribution in [0.4, 0.5) is 0 Å². The van der Waals surface area contributed by atoms with Crippen LogP contribution in [0.15, 0.2) is 0 Å². The molecule has 6 heteroatoms. The number of aliphatic hydroxyl groups is 2. The van der Waals surface area contributed by atoms with Gasteiger partial charge in [-0.3, -0.25) is 0 Å². The van der Waals surface area contributed by atoms with Gasteiger partial charge in [-0.2, -0.15) is 0 Å². The van der Waals surface area contributed by atoms with E-state index in [1.54, 1.807) is 34.6 Å². The van der Waals surface area contributed by atoms with Crippen molar-refractivity contribution >= 4 is 0 Å². The molecule has 1 fully saturated rings. The average molecular weight is 264 g/mol. The molecule has 1 aliphatic heterocycles. The minimum Gasteiger partial charge on any atom is -0.394 e. The van der Waals surface area contributed by atoms with Crippen molar-refractivity contribution in [2.75, 3.05) is 13.2 Å². The summed E-state index contributed by atoms with van der Waals surface area (Å²) in [7, 11) is 0. The molecule has 1 heterocycles. The lowest BCUT2D eigenvalue weighted by Gasteiger charge is -2.29. The molecule has 0 saturated carbocycles. The van der Waals surface area contributed by atoms with E-state index in [0.717, 1.165) is 0 Å². The van der Waals surface area contributed by atoms with Crippen LogP contribution in [-0.4, -0.2) is 53.5 Å². The topological polar surface area (TPSA) is 77.4 Å². The zero-order chi connectivity index (χ0) is 14.0. The molecule has 0 aromatic rings. The van der Waals surface area contributed by atoms with Crippen LogP contribution in [-0.2, 0) is 18.9 Å². The Morgan fingerprint density at radius 1 is 1.33 bits per heavy atom. The van der Waals surface area contributed by atoms with Crippen molar-refractivity contribution in [1.82, 2.24) is 0 Å². The van der Waals surface area contributed by atoms with Crippen LogP contribution in [0.25, 0.3) is 0 Å². The minimum atomic E-state index is -1.25. The lowest BCUT2D eigenvalue weighted by Crippen LogP contribution is -2.42. The summed E-state index contributed by atoms with van der Waals surface area (Å²) in [5.74, 6) is -2.03. The van der Waals surface area contributed by atoms with E-state index in [0.29, 0.717) is 0 Å². The van der Waals surface area contributed by atoms with E-state index in [2.05, 4.69) is 0 Å². The molecule has 3 atom stereocenters. The number of ether oxygens (including phenoxy) is 4. The third kappa shape index (κ3) is 4.79. The Balaban J connectivity index is 2.64. The Morgan fingerprint density at radius 2 is 1.94 bits per heavy atom. The van der Waals surface area contributed by atoms with Crippen LogP contribution in [0, 0.1) is 0 Å². The van der Waals surface area contributed by atoms with Gasteiger partial charge in [-0.1, -0.05) is 0 Å². The van der Waals surface area contributed by atoms with Gasteiger partial charge in [-0.15, -0.1) is 0 Å². The summed E-state index contributed by atoms with van der Waals surface area (Å²) in [5.41, 5.74) is 0. The highest BCUT2D eigenvalue weighted by Crippen LogP contribution is 2.32. The highest BCUT2D eigenvalue weighted by Gasteiger charge is 2.46. The van der Waals surface area contributed by atoms with Crippen LogP contribution in [0.2, 0.25) is 0 Å². The molecule has 0 spiro atoms. The molecule has 2 N–H and O–H groups in total. The average Bonchev–Trinajstić information content (AvgIpc) is 2.48. The Bertz CT molecular complexity index is 260.